The first-order valence-corrected chi connectivity index (χ1v) is 6.79. The van der Waals surface area contributed by atoms with Gasteiger partial charge in [-0.2, -0.15) is 0 Å². The summed E-state index contributed by atoms with van der Waals surface area (Å²) in [6, 6.07) is 8.65. The van der Waals surface area contributed by atoms with Gasteiger partial charge in [0.1, 0.15) is 11.5 Å². The third-order valence-corrected chi connectivity index (χ3v) is 3.15. The van der Waals surface area contributed by atoms with E-state index in [1.165, 1.54) is 13.2 Å². The lowest BCUT2D eigenvalue weighted by Gasteiger charge is -2.17. The van der Waals surface area contributed by atoms with Gasteiger partial charge < -0.3 is 14.5 Å². The SMILES string of the molecule is CCCNC(c1ccc(F)c(OC)c1)c1ccc(C)o1. The molecule has 1 unspecified atom stereocenters. The Bertz CT molecular complexity index is 565. The molecule has 0 amide bonds. The maximum atomic E-state index is 13.5. The Hall–Kier alpha value is -1.81. The molecule has 0 saturated carbocycles. The minimum atomic E-state index is -0.360. The van der Waals surface area contributed by atoms with Crippen molar-refractivity contribution in [2.75, 3.05) is 13.7 Å². The molecule has 0 saturated heterocycles. The Morgan fingerprint density at radius 2 is 2.10 bits per heavy atom. The van der Waals surface area contributed by atoms with Crippen molar-refractivity contribution in [2.45, 2.75) is 26.3 Å². The van der Waals surface area contributed by atoms with Crippen molar-refractivity contribution in [1.82, 2.24) is 5.32 Å². The monoisotopic (exact) mass is 277 g/mol. The largest absolute Gasteiger partial charge is 0.494 e. The summed E-state index contributed by atoms with van der Waals surface area (Å²) in [5.41, 5.74) is 0.922. The van der Waals surface area contributed by atoms with Crippen LogP contribution >= 0.6 is 0 Å². The molecule has 0 aliphatic heterocycles. The molecule has 1 N–H and O–H groups in total. The van der Waals surface area contributed by atoms with E-state index in [1.807, 2.05) is 19.1 Å². The van der Waals surface area contributed by atoms with Gasteiger partial charge >= 0.3 is 0 Å². The fourth-order valence-corrected chi connectivity index (χ4v) is 2.14. The van der Waals surface area contributed by atoms with Crippen molar-refractivity contribution >= 4 is 0 Å². The zero-order valence-corrected chi connectivity index (χ0v) is 12.1. The summed E-state index contributed by atoms with van der Waals surface area (Å²) in [7, 11) is 1.47. The molecular weight excluding hydrogens is 257 g/mol. The van der Waals surface area contributed by atoms with Crippen LogP contribution in [0.1, 0.15) is 36.5 Å². The first-order chi connectivity index (χ1) is 9.65. The molecule has 0 aliphatic carbocycles. The van der Waals surface area contributed by atoms with Crippen molar-refractivity contribution in [3.05, 3.63) is 53.2 Å². The Kier molecular flexibility index (Phi) is 4.79. The second-order valence-electron chi connectivity index (χ2n) is 4.73. The van der Waals surface area contributed by atoms with Crippen molar-refractivity contribution < 1.29 is 13.5 Å². The zero-order chi connectivity index (χ0) is 14.5. The summed E-state index contributed by atoms with van der Waals surface area (Å²) in [6.07, 6.45) is 1.01. The zero-order valence-electron chi connectivity index (χ0n) is 12.1. The van der Waals surface area contributed by atoms with Crippen LogP contribution in [0.25, 0.3) is 0 Å². The quantitative estimate of drug-likeness (QED) is 0.871. The van der Waals surface area contributed by atoms with Gasteiger partial charge in [0, 0.05) is 0 Å². The molecule has 1 atom stereocenters. The molecule has 0 radical (unpaired) electrons. The third-order valence-electron chi connectivity index (χ3n) is 3.15. The van der Waals surface area contributed by atoms with Gasteiger partial charge in [-0.15, -0.1) is 0 Å². The molecule has 0 aliphatic rings. The highest BCUT2D eigenvalue weighted by molar-refractivity contribution is 5.35. The van der Waals surface area contributed by atoms with Crippen molar-refractivity contribution in [3.63, 3.8) is 0 Å². The number of rotatable bonds is 6. The average Bonchev–Trinajstić information content (AvgIpc) is 2.87. The molecule has 0 fully saturated rings. The molecule has 3 nitrogen and oxygen atoms in total. The fourth-order valence-electron chi connectivity index (χ4n) is 2.14. The molecule has 2 rings (SSSR count). The van der Waals surface area contributed by atoms with Gasteiger partial charge in [0.15, 0.2) is 11.6 Å². The molecule has 108 valence electrons. The van der Waals surface area contributed by atoms with Crippen LogP contribution in [0.5, 0.6) is 5.75 Å². The first kappa shape index (κ1) is 14.6. The second-order valence-corrected chi connectivity index (χ2v) is 4.73. The van der Waals surface area contributed by atoms with Crippen LogP contribution in [-0.4, -0.2) is 13.7 Å². The predicted molar refractivity (Wildman–Crippen MR) is 76.5 cm³/mol. The van der Waals surface area contributed by atoms with Crippen LogP contribution in [0, 0.1) is 12.7 Å². The second kappa shape index (κ2) is 6.57. The van der Waals surface area contributed by atoms with Gasteiger partial charge in [-0.25, -0.2) is 4.39 Å². The lowest BCUT2D eigenvalue weighted by atomic mass is 10.0. The topological polar surface area (TPSA) is 34.4 Å². The maximum absolute atomic E-state index is 13.5. The Morgan fingerprint density at radius 3 is 2.70 bits per heavy atom. The van der Waals surface area contributed by atoms with Crippen molar-refractivity contribution in [2.24, 2.45) is 0 Å². The fraction of sp³-hybridized carbons (Fsp3) is 0.375. The number of hydrogen-bond acceptors (Lipinski definition) is 3. The van der Waals surface area contributed by atoms with E-state index in [1.54, 1.807) is 12.1 Å². The highest BCUT2D eigenvalue weighted by atomic mass is 19.1. The lowest BCUT2D eigenvalue weighted by Crippen LogP contribution is -2.22. The minimum absolute atomic E-state index is 0.0989. The molecular formula is C16H20FNO2. The van der Waals surface area contributed by atoms with E-state index in [9.17, 15) is 4.39 Å². The van der Waals surface area contributed by atoms with Gasteiger partial charge in [-0.05, 0) is 49.7 Å². The minimum Gasteiger partial charge on any atom is -0.494 e. The highest BCUT2D eigenvalue weighted by Crippen LogP contribution is 2.28. The Morgan fingerprint density at radius 1 is 1.30 bits per heavy atom. The summed E-state index contributed by atoms with van der Waals surface area (Å²) >= 11 is 0. The average molecular weight is 277 g/mol. The van der Waals surface area contributed by atoms with E-state index in [2.05, 4.69) is 12.2 Å². The number of ether oxygens (including phenoxy) is 1. The third kappa shape index (κ3) is 3.20. The lowest BCUT2D eigenvalue weighted by molar-refractivity contribution is 0.383. The van der Waals surface area contributed by atoms with E-state index in [0.29, 0.717) is 0 Å². The summed E-state index contributed by atoms with van der Waals surface area (Å²) in [6.45, 7) is 4.86. The van der Waals surface area contributed by atoms with Crippen LogP contribution in [0.3, 0.4) is 0 Å². The van der Waals surface area contributed by atoms with E-state index >= 15 is 0 Å². The van der Waals surface area contributed by atoms with Gasteiger partial charge in [-0.1, -0.05) is 13.0 Å². The molecule has 1 aromatic heterocycles. The highest BCUT2D eigenvalue weighted by Gasteiger charge is 2.18. The normalized spacial score (nSPS) is 12.4. The molecule has 4 heteroatoms. The summed E-state index contributed by atoms with van der Waals surface area (Å²) in [5.74, 6) is 1.57. The van der Waals surface area contributed by atoms with Gasteiger partial charge in [-0.3, -0.25) is 0 Å². The van der Waals surface area contributed by atoms with Crippen molar-refractivity contribution in [1.29, 1.82) is 0 Å². The van der Waals surface area contributed by atoms with Crippen LogP contribution < -0.4 is 10.1 Å². The van der Waals surface area contributed by atoms with Crippen LogP contribution in [-0.2, 0) is 0 Å². The van der Waals surface area contributed by atoms with E-state index in [4.69, 9.17) is 9.15 Å². The molecule has 0 bridgehead atoms. The first-order valence-electron chi connectivity index (χ1n) is 6.79. The Labute approximate surface area is 118 Å². The van der Waals surface area contributed by atoms with Crippen molar-refractivity contribution in [3.8, 4) is 5.75 Å². The number of hydrogen-bond donors (Lipinski definition) is 1. The number of methoxy groups -OCH3 is 1. The number of nitrogens with one attached hydrogen (secondary N) is 1. The number of benzene rings is 1. The summed E-state index contributed by atoms with van der Waals surface area (Å²) in [5, 5.41) is 3.41. The molecule has 20 heavy (non-hydrogen) atoms. The molecule has 0 spiro atoms. The number of halogens is 1. The van der Waals surface area contributed by atoms with Crippen LogP contribution in [0.15, 0.2) is 34.7 Å². The van der Waals surface area contributed by atoms with Gasteiger partial charge in [0.2, 0.25) is 0 Å². The smallest absolute Gasteiger partial charge is 0.165 e. The molecule has 1 aromatic carbocycles. The van der Waals surface area contributed by atoms with Crippen LogP contribution in [0.4, 0.5) is 4.39 Å². The van der Waals surface area contributed by atoms with Gasteiger partial charge in [0.05, 0.1) is 13.2 Å². The number of aryl methyl sites for hydroxylation is 1. The summed E-state index contributed by atoms with van der Waals surface area (Å²) < 4.78 is 24.3. The van der Waals surface area contributed by atoms with E-state index in [-0.39, 0.29) is 17.6 Å². The van der Waals surface area contributed by atoms with E-state index < -0.39 is 0 Å². The van der Waals surface area contributed by atoms with Gasteiger partial charge in [0.25, 0.3) is 0 Å². The molecule has 2 aromatic rings. The molecule has 1 heterocycles. The van der Waals surface area contributed by atoms with E-state index in [0.717, 1.165) is 30.0 Å². The number of furan rings is 1. The standard InChI is InChI=1S/C16H20FNO2/c1-4-9-18-16(14-8-5-11(2)20-14)12-6-7-13(17)15(10-12)19-3/h5-8,10,16,18H,4,9H2,1-3H3. The predicted octanol–water partition coefficient (Wildman–Crippen LogP) is 3.82. The summed E-state index contributed by atoms with van der Waals surface area (Å²) in [4.78, 5) is 0. The Balaban J connectivity index is 2.35. The maximum Gasteiger partial charge on any atom is 0.165 e. The van der Waals surface area contributed by atoms with Crippen LogP contribution in [0.2, 0.25) is 0 Å².